The quantitative estimate of drug-likeness (QED) is 0.551. The lowest BCUT2D eigenvalue weighted by molar-refractivity contribution is 0.0177. The van der Waals surface area contributed by atoms with Crippen LogP contribution in [0.2, 0.25) is 0 Å². The lowest BCUT2D eigenvalue weighted by atomic mass is 10.2. The van der Waals surface area contributed by atoms with E-state index in [0.717, 1.165) is 63.4 Å². The minimum atomic E-state index is 0.321. The Labute approximate surface area is 176 Å². The molecule has 9 heteroatoms. The van der Waals surface area contributed by atoms with E-state index in [1.54, 1.807) is 0 Å². The number of thiophene rings is 1. The van der Waals surface area contributed by atoms with Gasteiger partial charge in [-0.15, -0.1) is 21.5 Å². The number of morpholine rings is 1. The van der Waals surface area contributed by atoms with Crippen molar-refractivity contribution in [1.82, 2.24) is 30.3 Å². The van der Waals surface area contributed by atoms with Gasteiger partial charge in [0.1, 0.15) is 5.82 Å². The molecule has 4 heterocycles. The highest BCUT2D eigenvalue weighted by Crippen LogP contribution is 2.25. The zero-order valence-electron chi connectivity index (χ0n) is 17.1. The minimum Gasteiger partial charge on any atom is -0.379 e. The number of aromatic nitrogens is 3. The van der Waals surface area contributed by atoms with Crippen LogP contribution in [0.3, 0.4) is 0 Å². The molecule has 1 atom stereocenters. The molecule has 2 aliphatic rings. The van der Waals surface area contributed by atoms with E-state index in [0.29, 0.717) is 12.6 Å². The van der Waals surface area contributed by atoms with Gasteiger partial charge in [0.15, 0.2) is 11.8 Å². The average Bonchev–Trinajstić information content (AvgIpc) is 3.36. The molecule has 4 rings (SSSR count). The van der Waals surface area contributed by atoms with Crippen LogP contribution in [-0.4, -0.2) is 65.5 Å². The van der Waals surface area contributed by atoms with Crippen LogP contribution < -0.4 is 10.6 Å². The maximum atomic E-state index is 5.54. The van der Waals surface area contributed by atoms with Crippen molar-refractivity contribution < 1.29 is 4.74 Å². The Hall–Kier alpha value is -1.97. The zero-order chi connectivity index (χ0) is 19.9. The number of rotatable bonds is 6. The molecule has 0 aromatic carbocycles. The first-order valence-corrected chi connectivity index (χ1v) is 11.4. The van der Waals surface area contributed by atoms with Crippen LogP contribution in [0.15, 0.2) is 22.5 Å². The van der Waals surface area contributed by atoms with E-state index in [-0.39, 0.29) is 0 Å². The Bertz CT molecular complexity index is 783. The van der Waals surface area contributed by atoms with Crippen LogP contribution in [0.5, 0.6) is 0 Å². The van der Waals surface area contributed by atoms with E-state index >= 15 is 0 Å². The summed E-state index contributed by atoms with van der Waals surface area (Å²) in [5.74, 6) is 2.91. The molecule has 1 saturated heterocycles. The highest BCUT2D eigenvalue weighted by atomic mass is 32.1. The van der Waals surface area contributed by atoms with Gasteiger partial charge in [-0.1, -0.05) is 12.5 Å². The summed E-state index contributed by atoms with van der Waals surface area (Å²) in [5, 5.41) is 17.9. The van der Waals surface area contributed by atoms with Gasteiger partial charge in [0.25, 0.3) is 0 Å². The van der Waals surface area contributed by atoms with Crippen LogP contribution in [0.4, 0.5) is 0 Å². The van der Waals surface area contributed by atoms with Gasteiger partial charge < -0.3 is 19.9 Å². The summed E-state index contributed by atoms with van der Waals surface area (Å²) in [6, 6.07) is 4.66. The van der Waals surface area contributed by atoms with Crippen molar-refractivity contribution in [3.8, 4) is 0 Å². The smallest absolute Gasteiger partial charge is 0.191 e. The van der Waals surface area contributed by atoms with Gasteiger partial charge in [-0.25, -0.2) is 0 Å². The molecule has 1 unspecified atom stereocenters. The molecule has 0 aliphatic carbocycles. The average molecular weight is 418 g/mol. The van der Waals surface area contributed by atoms with E-state index in [1.807, 2.05) is 18.4 Å². The Morgan fingerprint density at radius 2 is 2.10 bits per heavy atom. The maximum Gasteiger partial charge on any atom is 0.191 e. The predicted octanol–water partition coefficient (Wildman–Crippen LogP) is 1.80. The highest BCUT2D eigenvalue weighted by molar-refractivity contribution is 7.10. The lowest BCUT2D eigenvalue weighted by Crippen LogP contribution is -2.46. The van der Waals surface area contributed by atoms with E-state index in [2.05, 4.69) is 52.8 Å². The number of fused-ring (bicyclic) bond motifs is 1. The summed E-state index contributed by atoms with van der Waals surface area (Å²) in [4.78, 5) is 8.28. The molecule has 158 valence electrons. The number of hydrogen-bond donors (Lipinski definition) is 2. The molecule has 0 radical (unpaired) electrons. The van der Waals surface area contributed by atoms with Crippen molar-refractivity contribution in [3.63, 3.8) is 0 Å². The minimum absolute atomic E-state index is 0.321. The van der Waals surface area contributed by atoms with Gasteiger partial charge in [0.05, 0.1) is 25.8 Å². The molecule has 8 nitrogen and oxygen atoms in total. The predicted molar refractivity (Wildman–Crippen MR) is 115 cm³/mol. The Morgan fingerprint density at radius 1 is 1.21 bits per heavy atom. The van der Waals surface area contributed by atoms with Crippen molar-refractivity contribution in [2.45, 2.75) is 44.8 Å². The zero-order valence-corrected chi connectivity index (χ0v) is 18.0. The first kappa shape index (κ1) is 20.3. The third-order valence-electron chi connectivity index (χ3n) is 5.64. The van der Waals surface area contributed by atoms with Crippen LogP contribution in [0.25, 0.3) is 0 Å². The molecule has 0 amide bonds. The number of aryl methyl sites for hydroxylation is 1. The number of aliphatic imine (C=N–C) groups is 1. The maximum absolute atomic E-state index is 5.54. The summed E-state index contributed by atoms with van der Waals surface area (Å²) in [5.41, 5.74) is 0. The highest BCUT2D eigenvalue weighted by Gasteiger charge is 2.23. The first-order chi connectivity index (χ1) is 14.3. The second-order valence-corrected chi connectivity index (χ2v) is 8.46. The van der Waals surface area contributed by atoms with E-state index in [4.69, 9.17) is 4.74 Å². The van der Waals surface area contributed by atoms with Crippen molar-refractivity contribution in [2.75, 3.05) is 39.9 Å². The lowest BCUT2D eigenvalue weighted by Gasteiger charge is -2.34. The number of nitrogens with zero attached hydrogens (tertiary/aromatic N) is 5. The van der Waals surface area contributed by atoms with E-state index in [1.165, 1.54) is 24.1 Å². The third-order valence-corrected chi connectivity index (χ3v) is 6.62. The van der Waals surface area contributed by atoms with Crippen LogP contribution in [-0.2, 0) is 24.2 Å². The van der Waals surface area contributed by atoms with Crippen molar-refractivity contribution >= 4 is 17.3 Å². The topological polar surface area (TPSA) is 79.6 Å². The fourth-order valence-electron chi connectivity index (χ4n) is 4.03. The van der Waals surface area contributed by atoms with Crippen molar-refractivity contribution in [1.29, 1.82) is 0 Å². The summed E-state index contributed by atoms with van der Waals surface area (Å²) < 4.78 is 7.81. The number of nitrogens with one attached hydrogen (secondary N) is 2. The van der Waals surface area contributed by atoms with E-state index in [9.17, 15) is 0 Å². The molecule has 2 aromatic rings. The second-order valence-electron chi connectivity index (χ2n) is 7.48. The van der Waals surface area contributed by atoms with E-state index < -0.39 is 0 Å². The van der Waals surface area contributed by atoms with Gasteiger partial charge in [0.2, 0.25) is 0 Å². The molecular weight excluding hydrogens is 386 g/mol. The number of hydrogen-bond acceptors (Lipinski definition) is 6. The summed E-state index contributed by atoms with van der Waals surface area (Å²) >= 11 is 1.81. The summed E-state index contributed by atoms with van der Waals surface area (Å²) in [6.45, 7) is 5.97. The molecule has 2 aromatic heterocycles. The van der Waals surface area contributed by atoms with Crippen molar-refractivity contribution in [2.24, 2.45) is 4.99 Å². The standard InChI is InChI=1S/C20H31N7OS/c1-21-20(23-15-19-25-24-18-7-3-2-4-8-27(18)19)22-14-16(17-6-5-13-29-17)26-9-11-28-12-10-26/h5-6,13,16H,2-4,7-12,14-15H2,1H3,(H2,21,22,23). The van der Waals surface area contributed by atoms with Crippen molar-refractivity contribution in [3.05, 3.63) is 34.0 Å². The van der Waals surface area contributed by atoms with Gasteiger partial charge in [0, 0.05) is 44.5 Å². The Kier molecular flexibility index (Phi) is 7.13. The number of guanidine groups is 1. The monoisotopic (exact) mass is 417 g/mol. The first-order valence-electron chi connectivity index (χ1n) is 10.6. The van der Waals surface area contributed by atoms with Gasteiger partial charge in [-0.2, -0.15) is 0 Å². The van der Waals surface area contributed by atoms with Gasteiger partial charge in [-0.3, -0.25) is 9.89 Å². The summed E-state index contributed by atoms with van der Waals surface area (Å²) in [7, 11) is 1.81. The molecule has 0 bridgehead atoms. The van der Waals surface area contributed by atoms with Crippen LogP contribution in [0.1, 0.15) is 41.8 Å². The van der Waals surface area contributed by atoms with Gasteiger partial charge in [-0.05, 0) is 24.3 Å². The molecule has 2 N–H and O–H groups in total. The second kappa shape index (κ2) is 10.2. The molecular formula is C20H31N7OS. The fraction of sp³-hybridized carbons (Fsp3) is 0.650. The molecule has 0 saturated carbocycles. The third kappa shape index (κ3) is 5.15. The molecule has 1 fully saturated rings. The summed E-state index contributed by atoms with van der Waals surface area (Å²) in [6.07, 6.45) is 4.71. The van der Waals surface area contributed by atoms with Crippen LogP contribution in [0, 0.1) is 0 Å². The largest absolute Gasteiger partial charge is 0.379 e. The SMILES string of the molecule is CN=C(NCc1nnc2n1CCCCC2)NCC(c1cccs1)N1CCOCC1. The normalized spacial score (nSPS) is 19.4. The molecule has 2 aliphatic heterocycles. The Morgan fingerprint density at radius 3 is 2.90 bits per heavy atom. The number of ether oxygens (including phenoxy) is 1. The molecule has 29 heavy (non-hydrogen) atoms. The fourth-order valence-corrected chi connectivity index (χ4v) is 4.89. The Balaban J connectivity index is 1.35. The van der Waals surface area contributed by atoms with Gasteiger partial charge >= 0.3 is 0 Å². The molecule has 0 spiro atoms. The van der Waals surface area contributed by atoms with Crippen LogP contribution >= 0.6 is 11.3 Å².